The van der Waals surface area contributed by atoms with Gasteiger partial charge in [0, 0.05) is 17.1 Å². The molecule has 0 aliphatic rings. The quantitative estimate of drug-likeness (QED) is 0.251. The van der Waals surface area contributed by atoms with Crippen molar-refractivity contribution in [3.05, 3.63) is 126 Å². The van der Waals surface area contributed by atoms with Crippen LogP contribution in [0.2, 0.25) is 0 Å². The van der Waals surface area contributed by atoms with Crippen LogP contribution >= 0.6 is 0 Å². The molecule has 4 aromatic carbocycles. The molecule has 0 amide bonds. The second-order valence-electron chi connectivity index (χ2n) is 8.82. The van der Waals surface area contributed by atoms with Gasteiger partial charge in [0.05, 0.1) is 0 Å². The lowest BCUT2D eigenvalue weighted by Crippen LogP contribution is -2.19. The smallest absolute Gasteiger partial charge is 0.0462 e. The topological polar surface area (TPSA) is 3.24 Å². The van der Waals surface area contributed by atoms with Crippen LogP contribution in [-0.4, -0.2) is 0 Å². The predicted octanol–water partition coefficient (Wildman–Crippen LogP) is 9.40. The summed E-state index contributed by atoms with van der Waals surface area (Å²) >= 11 is 0. The number of anilines is 3. The van der Waals surface area contributed by atoms with E-state index in [4.69, 9.17) is 0 Å². The molecule has 4 aromatic rings. The van der Waals surface area contributed by atoms with E-state index in [-0.39, 0.29) is 5.41 Å². The molecular weight excluding hydrogens is 398 g/mol. The lowest BCUT2D eigenvalue weighted by molar-refractivity contribution is 0.439. The first-order chi connectivity index (χ1) is 16.1. The van der Waals surface area contributed by atoms with E-state index in [9.17, 15) is 0 Å². The number of rotatable bonds is 8. The van der Waals surface area contributed by atoms with Crippen LogP contribution in [0.15, 0.2) is 109 Å². The summed E-state index contributed by atoms with van der Waals surface area (Å²) in [4.78, 5) is 2.32. The Kier molecular flexibility index (Phi) is 7.10. The molecule has 0 N–H and O–H groups in total. The van der Waals surface area contributed by atoms with E-state index in [1.54, 1.807) is 0 Å². The minimum absolute atomic E-state index is 0.225. The molecule has 33 heavy (non-hydrogen) atoms. The van der Waals surface area contributed by atoms with Gasteiger partial charge in [-0.3, -0.25) is 0 Å². The van der Waals surface area contributed by atoms with Gasteiger partial charge in [-0.05, 0) is 71.3 Å². The maximum Gasteiger partial charge on any atom is 0.0462 e. The summed E-state index contributed by atoms with van der Waals surface area (Å²) in [7, 11) is 0. The molecular formula is C32H33N. The Labute approximate surface area is 199 Å². The number of nitrogens with zero attached hydrogens (tertiary/aromatic N) is 1. The molecule has 0 unspecified atom stereocenters. The zero-order valence-electron chi connectivity index (χ0n) is 19.9. The fourth-order valence-electron chi connectivity index (χ4n) is 4.19. The third-order valence-corrected chi connectivity index (χ3v) is 6.82. The standard InChI is InChI=1S/C32H33N/c1-4-32(3,5-2)28-20-24-31(25-21-28)33(29-14-10-7-11-15-29)30-22-18-27(19-23-30)17-16-26-12-8-6-9-13-26/h6-25H,4-5H2,1-3H3. The van der Waals surface area contributed by atoms with Gasteiger partial charge in [-0.2, -0.15) is 0 Å². The lowest BCUT2D eigenvalue weighted by Gasteiger charge is -2.29. The summed E-state index contributed by atoms with van der Waals surface area (Å²) in [5.41, 5.74) is 7.51. The lowest BCUT2D eigenvalue weighted by atomic mass is 9.78. The SMILES string of the molecule is CCC(C)(CC)c1ccc(N(c2ccccc2)c2ccc(C=Cc3ccccc3)cc2)cc1. The van der Waals surface area contributed by atoms with Crippen LogP contribution in [0.5, 0.6) is 0 Å². The van der Waals surface area contributed by atoms with Crippen LogP contribution in [0.1, 0.15) is 50.3 Å². The van der Waals surface area contributed by atoms with Crippen molar-refractivity contribution in [2.75, 3.05) is 4.90 Å². The molecule has 0 spiro atoms. The van der Waals surface area contributed by atoms with E-state index in [2.05, 4.69) is 141 Å². The Morgan fingerprint density at radius 3 is 1.48 bits per heavy atom. The number of hydrogen-bond donors (Lipinski definition) is 0. The highest BCUT2D eigenvalue weighted by Crippen LogP contribution is 2.37. The molecule has 0 fully saturated rings. The normalized spacial score (nSPS) is 11.6. The zero-order chi connectivity index (χ0) is 23.1. The van der Waals surface area contributed by atoms with Crippen molar-refractivity contribution < 1.29 is 0 Å². The molecule has 0 heterocycles. The van der Waals surface area contributed by atoms with E-state index in [1.807, 2.05) is 6.07 Å². The van der Waals surface area contributed by atoms with Crippen molar-refractivity contribution in [2.45, 2.75) is 39.0 Å². The van der Waals surface area contributed by atoms with E-state index in [1.165, 1.54) is 22.4 Å². The Morgan fingerprint density at radius 2 is 0.970 bits per heavy atom. The highest BCUT2D eigenvalue weighted by Gasteiger charge is 2.22. The van der Waals surface area contributed by atoms with E-state index >= 15 is 0 Å². The average Bonchev–Trinajstić information content (AvgIpc) is 2.89. The van der Waals surface area contributed by atoms with Crippen molar-refractivity contribution in [1.82, 2.24) is 0 Å². The molecule has 1 nitrogen and oxygen atoms in total. The number of para-hydroxylation sites is 1. The summed E-state index contributed by atoms with van der Waals surface area (Å²) in [5.74, 6) is 0. The van der Waals surface area contributed by atoms with Crippen LogP contribution in [0.4, 0.5) is 17.1 Å². The molecule has 0 bridgehead atoms. The molecule has 0 atom stereocenters. The van der Waals surface area contributed by atoms with Gasteiger partial charge in [0.25, 0.3) is 0 Å². The van der Waals surface area contributed by atoms with Crippen molar-refractivity contribution in [1.29, 1.82) is 0 Å². The molecule has 0 aromatic heterocycles. The minimum atomic E-state index is 0.225. The van der Waals surface area contributed by atoms with E-state index in [0.717, 1.165) is 24.2 Å². The van der Waals surface area contributed by atoms with Gasteiger partial charge >= 0.3 is 0 Å². The van der Waals surface area contributed by atoms with Crippen molar-refractivity contribution in [2.24, 2.45) is 0 Å². The Hall–Kier alpha value is -3.58. The van der Waals surface area contributed by atoms with Crippen LogP contribution < -0.4 is 4.90 Å². The van der Waals surface area contributed by atoms with Gasteiger partial charge < -0.3 is 4.90 Å². The first-order valence-electron chi connectivity index (χ1n) is 11.9. The number of hydrogen-bond acceptors (Lipinski definition) is 1. The summed E-state index contributed by atoms with van der Waals surface area (Å²) in [6.07, 6.45) is 6.60. The predicted molar refractivity (Wildman–Crippen MR) is 144 cm³/mol. The van der Waals surface area contributed by atoms with Gasteiger partial charge in [0.15, 0.2) is 0 Å². The fourth-order valence-corrected chi connectivity index (χ4v) is 4.19. The van der Waals surface area contributed by atoms with Crippen LogP contribution in [0.25, 0.3) is 12.2 Å². The monoisotopic (exact) mass is 431 g/mol. The van der Waals surface area contributed by atoms with Crippen molar-refractivity contribution in [3.8, 4) is 0 Å². The molecule has 0 aliphatic carbocycles. The van der Waals surface area contributed by atoms with Gasteiger partial charge in [-0.25, -0.2) is 0 Å². The molecule has 4 rings (SSSR count). The first kappa shape index (κ1) is 22.6. The Morgan fingerprint density at radius 1 is 0.545 bits per heavy atom. The maximum atomic E-state index is 2.36. The summed E-state index contributed by atoms with van der Waals surface area (Å²) in [6, 6.07) is 38.9. The Balaban J connectivity index is 1.65. The van der Waals surface area contributed by atoms with Gasteiger partial charge in [0.1, 0.15) is 0 Å². The molecule has 0 saturated heterocycles. The first-order valence-corrected chi connectivity index (χ1v) is 11.9. The highest BCUT2D eigenvalue weighted by molar-refractivity contribution is 5.78. The van der Waals surface area contributed by atoms with Gasteiger partial charge in [-0.15, -0.1) is 0 Å². The van der Waals surface area contributed by atoms with Crippen LogP contribution in [0, 0.1) is 0 Å². The molecule has 1 heteroatoms. The zero-order valence-corrected chi connectivity index (χ0v) is 19.9. The van der Waals surface area contributed by atoms with Gasteiger partial charge in [-0.1, -0.05) is 106 Å². The van der Waals surface area contributed by atoms with Crippen molar-refractivity contribution in [3.63, 3.8) is 0 Å². The third-order valence-electron chi connectivity index (χ3n) is 6.82. The minimum Gasteiger partial charge on any atom is -0.311 e. The number of benzene rings is 4. The second kappa shape index (κ2) is 10.4. The van der Waals surface area contributed by atoms with Crippen molar-refractivity contribution >= 4 is 29.2 Å². The fraction of sp³-hybridized carbons (Fsp3) is 0.188. The largest absolute Gasteiger partial charge is 0.311 e. The Bertz CT molecular complexity index is 1150. The summed E-state index contributed by atoms with van der Waals surface area (Å²) < 4.78 is 0. The van der Waals surface area contributed by atoms with Gasteiger partial charge in [0.2, 0.25) is 0 Å². The molecule has 0 saturated carbocycles. The van der Waals surface area contributed by atoms with E-state index < -0.39 is 0 Å². The molecule has 166 valence electrons. The second-order valence-corrected chi connectivity index (χ2v) is 8.82. The third kappa shape index (κ3) is 5.26. The van der Waals surface area contributed by atoms with E-state index in [0.29, 0.717) is 0 Å². The molecule has 0 aliphatic heterocycles. The maximum absolute atomic E-state index is 2.36. The van der Waals surface area contributed by atoms with Crippen LogP contribution in [0.3, 0.4) is 0 Å². The summed E-state index contributed by atoms with van der Waals surface area (Å²) in [5, 5.41) is 0. The van der Waals surface area contributed by atoms with Crippen LogP contribution in [-0.2, 0) is 5.41 Å². The summed E-state index contributed by atoms with van der Waals surface area (Å²) in [6.45, 7) is 6.92. The molecule has 0 radical (unpaired) electrons. The highest BCUT2D eigenvalue weighted by atomic mass is 15.1. The average molecular weight is 432 g/mol.